The molecule has 5 nitrogen and oxygen atoms in total. The van der Waals surface area contributed by atoms with Crippen LogP contribution in [-0.2, 0) is 9.53 Å². The monoisotopic (exact) mass is 259 g/mol. The Kier molecular flexibility index (Phi) is 4.86. The number of nitrogens with zero attached hydrogens (tertiary/aromatic N) is 1. The van der Waals surface area contributed by atoms with Crippen LogP contribution in [0.3, 0.4) is 0 Å². The van der Waals surface area contributed by atoms with Crippen molar-refractivity contribution >= 4 is 17.6 Å². The number of aromatic nitrogens is 1. The Hall–Kier alpha value is -1.17. The van der Waals surface area contributed by atoms with E-state index in [0.29, 0.717) is 5.69 Å². The van der Waals surface area contributed by atoms with E-state index in [0.717, 1.165) is 0 Å². The second kappa shape index (κ2) is 5.95. The van der Waals surface area contributed by atoms with Gasteiger partial charge in [0, 0.05) is 11.3 Å². The zero-order valence-corrected chi connectivity index (χ0v) is 10.3. The van der Waals surface area contributed by atoms with Crippen molar-refractivity contribution < 1.29 is 19.7 Å². The fourth-order valence-corrected chi connectivity index (χ4v) is 1.59. The Bertz CT molecular complexity index is 410. The van der Waals surface area contributed by atoms with Crippen LogP contribution < -0.4 is 0 Å². The summed E-state index contributed by atoms with van der Waals surface area (Å²) >= 11 is 5.82. The van der Waals surface area contributed by atoms with Gasteiger partial charge in [0.15, 0.2) is 6.10 Å². The van der Waals surface area contributed by atoms with Crippen LogP contribution in [0.15, 0.2) is 12.1 Å². The highest BCUT2D eigenvalue weighted by atomic mass is 35.5. The van der Waals surface area contributed by atoms with Gasteiger partial charge < -0.3 is 14.9 Å². The molecule has 0 aromatic carbocycles. The second-order valence-electron chi connectivity index (χ2n) is 3.47. The molecule has 94 valence electrons. The summed E-state index contributed by atoms with van der Waals surface area (Å²) in [4.78, 5) is 15.2. The largest absolute Gasteiger partial charge is 0.464 e. The zero-order valence-electron chi connectivity index (χ0n) is 9.55. The molecule has 0 saturated carbocycles. The van der Waals surface area contributed by atoms with Crippen molar-refractivity contribution in [3.8, 4) is 0 Å². The first-order valence-corrected chi connectivity index (χ1v) is 5.51. The van der Waals surface area contributed by atoms with Gasteiger partial charge in [-0.3, -0.25) is 0 Å². The first-order chi connectivity index (χ1) is 7.97. The summed E-state index contributed by atoms with van der Waals surface area (Å²) in [7, 11) is 0. The van der Waals surface area contributed by atoms with E-state index in [-0.39, 0.29) is 17.3 Å². The van der Waals surface area contributed by atoms with Crippen molar-refractivity contribution in [3.63, 3.8) is 0 Å². The third-order valence-corrected chi connectivity index (χ3v) is 2.47. The van der Waals surface area contributed by atoms with E-state index < -0.39 is 18.2 Å². The molecule has 0 radical (unpaired) electrons. The Balaban J connectivity index is 2.88. The smallest absolute Gasteiger partial charge is 0.338 e. The van der Waals surface area contributed by atoms with Crippen LogP contribution in [0.2, 0.25) is 5.15 Å². The molecular formula is C11H14ClNO4. The van der Waals surface area contributed by atoms with E-state index in [1.807, 2.05) is 0 Å². The molecule has 0 aliphatic carbocycles. The van der Waals surface area contributed by atoms with Crippen LogP contribution in [0.5, 0.6) is 0 Å². The third kappa shape index (κ3) is 3.39. The molecule has 2 atom stereocenters. The van der Waals surface area contributed by atoms with Gasteiger partial charge in [0.2, 0.25) is 0 Å². The number of carbonyl (C=O) groups excluding carboxylic acids is 1. The van der Waals surface area contributed by atoms with Gasteiger partial charge in [-0.15, -0.1) is 0 Å². The maximum absolute atomic E-state index is 11.2. The van der Waals surface area contributed by atoms with Crippen LogP contribution in [0, 0.1) is 6.92 Å². The summed E-state index contributed by atoms with van der Waals surface area (Å²) < 4.78 is 4.60. The minimum atomic E-state index is -1.67. The average Bonchev–Trinajstić information content (AvgIpc) is 2.27. The summed E-state index contributed by atoms with van der Waals surface area (Å²) in [5, 5.41) is 19.4. The lowest BCUT2D eigenvalue weighted by Gasteiger charge is -2.17. The number of hydrogen-bond donors (Lipinski definition) is 2. The number of carbonyl (C=O) groups is 1. The average molecular weight is 260 g/mol. The second-order valence-corrected chi connectivity index (χ2v) is 3.83. The maximum Gasteiger partial charge on any atom is 0.338 e. The minimum absolute atomic E-state index is 0.0563. The third-order valence-electron chi connectivity index (χ3n) is 2.16. The van der Waals surface area contributed by atoms with Crippen molar-refractivity contribution in [2.75, 3.05) is 6.61 Å². The Labute approximate surface area is 104 Å². The molecule has 1 rings (SSSR count). The molecule has 0 aliphatic rings. The maximum atomic E-state index is 11.2. The molecule has 17 heavy (non-hydrogen) atoms. The molecule has 0 aliphatic heterocycles. The lowest BCUT2D eigenvalue weighted by Crippen LogP contribution is -2.30. The summed E-state index contributed by atoms with van der Waals surface area (Å²) in [5.41, 5.74) is 0.870. The van der Waals surface area contributed by atoms with Crippen LogP contribution in [-0.4, -0.2) is 33.9 Å². The van der Waals surface area contributed by atoms with E-state index >= 15 is 0 Å². The standard InChI is InChI=1S/C11H14ClNO4/c1-3-17-11(16)9(15)8(14)7-5-4-6(2)13-10(7)12/h4-5,8-9,14-15H,3H2,1-2H3. The predicted octanol–water partition coefficient (Wildman–Crippen LogP) is 1.00. The van der Waals surface area contributed by atoms with Crippen LogP contribution in [0.25, 0.3) is 0 Å². The topological polar surface area (TPSA) is 79.7 Å². The van der Waals surface area contributed by atoms with E-state index in [9.17, 15) is 15.0 Å². The molecule has 0 bridgehead atoms. The van der Waals surface area contributed by atoms with Gasteiger partial charge in [0.1, 0.15) is 11.3 Å². The zero-order chi connectivity index (χ0) is 13.0. The van der Waals surface area contributed by atoms with Crippen LogP contribution in [0.4, 0.5) is 0 Å². The Morgan fingerprint density at radius 2 is 2.18 bits per heavy atom. The fraction of sp³-hybridized carbons (Fsp3) is 0.455. The highest BCUT2D eigenvalue weighted by molar-refractivity contribution is 6.30. The minimum Gasteiger partial charge on any atom is -0.464 e. The number of ether oxygens (including phenoxy) is 1. The van der Waals surface area contributed by atoms with Crippen molar-refractivity contribution in [1.29, 1.82) is 0 Å². The van der Waals surface area contributed by atoms with Gasteiger partial charge in [0.05, 0.1) is 6.61 Å². The van der Waals surface area contributed by atoms with Gasteiger partial charge in [-0.05, 0) is 19.9 Å². The first-order valence-electron chi connectivity index (χ1n) is 5.13. The molecule has 1 aromatic heterocycles. The molecule has 1 aromatic rings. The molecule has 6 heteroatoms. The first kappa shape index (κ1) is 13.9. The van der Waals surface area contributed by atoms with E-state index in [1.54, 1.807) is 19.9 Å². The van der Waals surface area contributed by atoms with Crippen LogP contribution >= 0.6 is 11.6 Å². The number of esters is 1. The van der Waals surface area contributed by atoms with Gasteiger partial charge in [-0.2, -0.15) is 0 Å². The van der Waals surface area contributed by atoms with E-state index in [2.05, 4.69) is 9.72 Å². The van der Waals surface area contributed by atoms with E-state index in [1.165, 1.54) is 6.07 Å². The summed E-state index contributed by atoms with van der Waals surface area (Å²) in [5.74, 6) is -0.892. The Morgan fingerprint density at radius 3 is 2.71 bits per heavy atom. The number of pyridine rings is 1. The van der Waals surface area contributed by atoms with Crippen molar-refractivity contribution in [2.45, 2.75) is 26.1 Å². The summed E-state index contributed by atoms with van der Waals surface area (Å²) in [6.45, 7) is 3.48. The molecule has 0 saturated heterocycles. The van der Waals surface area contributed by atoms with Crippen molar-refractivity contribution in [3.05, 3.63) is 28.5 Å². The van der Waals surface area contributed by atoms with Gasteiger partial charge in [0.25, 0.3) is 0 Å². The highest BCUT2D eigenvalue weighted by Crippen LogP contribution is 2.24. The van der Waals surface area contributed by atoms with Crippen LogP contribution in [0.1, 0.15) is 24.3 Å². The number of aryl methyl sites for hydroxylation is 1. The summed E-state index contributed by atoms with van der Waals surface area (Å²) in [6.07, 6.45) is -3.12. The highest BCUT2D eigenvalue weighted by Gasteiger charge is 2.28. The molecule has 0 amide bonds. The van der Waals surface area contributed by atoms with Crippen molar-refractivity contribution in [2.24, 2.45) is 0 Å². The number of halogens is 1. The van der Waals surface area contributed by atoms with Gasteiger partial charge >= 0.3 is 5.97 Å². The van der Waals surface area contributed by atoms with Gasteiger partial charge in [-0.25, -0.2) is 9.78 Å². The molecule has 1 heterocycles. The normalized spacial score (nSPS) is 14.2. The quantitative estimate of drug-likeness (QED) is 0.623. The fourth-order valence-electron chi connectivity index (χ4n) is 1.28. The number of aliphatic hydroxyl groups is 2. The Morgan fingerprint density at radius 1 is 1.53 bits per heavy atom. The van der Waals surface area contributed by atoms with Gasteiger partial charge in [-0.1, -0.05) is 17.7 Å². The lowest BCUT2D eigenvalue weighted by atomic mass is 10.1. The summed E-state index contributed by atoms with van der Waals surface area (Å²) in [6, 6.07) is 3.14. The number of aliphatic hydroxyl groups excluding tert-OH is 2. The number of rotatable bonds is 4. The molecule has 0 spiro atoms. The lowest BCUT2D eigenvalue weighted by molar-refractivity contribution is -0.159. The number of hydrogen-bond acceptors (Lipinski definition) is 5. The van der Waals surface area contributed by atoms with E-state index in [4.69, 9.17) is 11.6 Å². The molecule has 0 fully saturated rings. The predicted molar refractivity (Wildman–Crippen MR) is 61.6 cm³/mol. The van der Waals surface area contributed by atoms with Crippen molar-refractivity contribution in [1.82, 2.24) is 4.98 Å². The molecular weight excluding hydrogens is 246 g/mol. The molecule has 2 N–H and O–H groups in total. The molecule has 2 unspecified atom stereocenters. The SMILES string of the molecule is CCOC(=O)C(O)C(O)c1ccc(C)nc1Cl.